The van der Waals surface area contributed by atoms with Gasteiger partial charge in [-0.25, -0.2) is 0 Å². The molecule has 19 heavy (non-hydrogen) atoms. The predicted octanol–water partition coefficient (Wildman–Crippen LogP) is 4.27. The molecule has 0 heterocycles. The Bertz CT molecular complexity index is 406. The van der Waals surface area contributed by atoms with E-state index in [1.54, 1.807) is 11.1 Å². The molecule has 104 valence electrons. The first-order valence-electron chi connectivity index (χ1n) is 8.19. The van der Waals surface area contributed by atoms with E-state index >= 15 is 0 Å². The fourth-order valence-corrected chi connectivity index (χ4v) is 4.02. The highest BCUT2D eigenvalue weighted by Crippen LogP contribution is 2.35. The molecule has 0 amide bonds. The zero-order valence-electron chi connectivity index (χ0n) is 12.2. The standard InChI is InChI=1S/C18H27N/c1-2-18(14-8-4-3-5-9-14)19-13-16-12-15-10-6-7-11-17(15)16/h6-7,10-11,14,16,18-19H,2-5,8-9,12-13H2,1H3. The SMILES string of the molecule is CCC(NCC1Cc2ccccc21)C1CCCCC1. The molecule has 1 aromatic carbocycles. The highest BCUT2D eigenvalue weighted by Gasteiger charge is 2.27. The van der Waals surface area contributed by atoms with Crippen LogP contribution >= 0.6 is 0 Å². The van der Waals surface area contributed by atoms with Gasteiger partial charge in [0.15, 0.2) is 0 Å². The number of hydrogen-bond acceptors (Lipinski definition) is 1. The van der Waals surface area contributed by atoms with Crippen molar-refractivity contribution in [2.45, 2.75) is 63.8 Å². The van der Waals surface area contributed by atoms with Crippen molar-refractivity contribution in [2.24, 2.45) is 5.92 Å². The van der Waals surface area contributed by atoms with Crippen molar-refractivity contribution in [1.29, 1.82) is 0 Å². The molecule has 0 aliphatic heterocycles. The monoisotopic (exact) mass is 257 g/mol. The van der Waals surface area contributed by atoms with E-state index in [1.807, 2.05) is 0 Å². The maximum absolute atomic E-state index is 3.88. The number of fused-ring (bicyclic) bond motifs is 1. The van der Waals surface area contributed by atoms with Crippen molar-refractivity contribution >= 4 is 0 Å². The molecule has 2 aliphatic rings. The van der Waals surface area contributed by atoms with Crippen molar-refractivity contribution in [3.8, 4) is 0 Å². The smallest absolute Gasteiger partial charge is 0.00929 e. The Morgan fingerprint density at radius 3 is 2.68 bits per heavy atom. The first kappa shape index (κ1) is 13.2. The van der Waals surface area contributed by atoms with Crippen molar-refractivity contribution < 1.29 is 0 Å². The van der Waals surface area contributed by atoms with Gasteiger partial charge in [-0.15, -0.1) is 0 Å². The highest BCUT2D eigenvalue weighted by molar-refractivity contribution is 5.40. The maximum Gasteiger partial charge on any atom is 0.00929 e. The molecule has 1 heteroatoms. The number of hydrogen-bond donors (Lipinski definition) is 1. The minimum Gasteiger partial charge on any atom is -0.313 e. The molecule has 1 fully saturated rings. The van der Waals surface area contributed by atoms with E-state index in [-0.39, 0.29) is 0 Å². The van der Waals surface area contributed by atoms with E-state index in [0.29, 0.717) is 0 Å². The predicted molar refractivity (Wildman–Crippen MR) is 81.5 cm³/mol. The fourth-order valence-electron chi connectivity index (χ4n) is 4.02. The zero-order chi connectivity index (χ0) is 13.1. The topological polar surface area (TPSA) is 12.0 Å². The number of benzene rings is 1. The summed E-state index contributed by atoms with van der Waals surface area (Å²) in [4.78, 5) is 0. The van der Waals surface area contributed by atoms with Gasteiger partial charge in [0.25, 0.3) is 0 Å². The van der Waals surface area contributed by atoms with Gasteiger partial charge in [0.1, 0.15) is 0 Å². The Hall–Kier alpha value is -0.820. The fraction of sp³-hybridized carbons (Fsp3) is 0.667. The average molecular weight is 257 g/mol. The van der Waals surface area contributed by atoms with E-state index in [0.717, 1.165) is 17.9 Å². The van der Waals surface area contributed by atoms with E-state index in [2.05, 4.69) is 36.5 Å². The summed E-state index contributed by atoms with van der Waals surface area (Å²) in [5.41, 5.74) is 3.16. The van der Waals surface area contributed by atoms with Crippen molar-refractivity contribution in [3.05, 3.63) is 35.4 Å². The molecule has 3 rings (SSSR count). The van der Waals surface area contributed by atoms with Gasteiger partial charge in [-0.05, 0) is 42.7 Å². The molecule has 0 saturated heterocycles. The maximum atomic E-state index is 3.88. The van der Waals surface area contributed by atoms with E-state index in [4.69, 9.17) is 0 Å². The third-order valence-corrected chi connectivity index (χ3v) is 5.25. The lowest BCUT2D eigenvalue weighted by Crippen LogP contribution is -2.40. The van der Waals surface area contributed by atoms with Crippen LogP contribution in [0.5, 0.6) is 0 Å². The Morgan fingerprint density at radius 1 is 1.16 bits per heavy atom. The lowest BCUT2D eigenvalue weighted by molar-refractivity contribution is 0.258. The minimum atomic E-state index is 0.757. The molecule has 2 unspecified atom stereocenters. The third kappa shape index (κ3) is 2.86. The van der Waals surface area contributed by atoms with Crippen molar-refractivity contribution in [1.82, 2.24) is 5.32 Å². The first-order chi connectivity index (χ1) is 9.38. The summed E-state index contributed by atoms with van der Waals surface area (Å²) in [6, 6.07) is 9.70. The lowest BCUT2D eigenvalue weighted by Gasteiger charge is -2.35. The average Bonchev–Trinajstić information content (AvgIpc) is 2.45. The molecule has 1 saturated carbocycles. The van der Waals surface area contributed by atoms with Crippen LogP contribution in [0.4, 0.5) is 0 Å². The van der Waals surface area contributed by atoms with Gasteiger partial charge in [0.05, 0.1) is 0 Å². The highest BCUT2D eigenvalue weighted by atomic mass is 14.9. The summed E-state index contributed by atoms with van der Waals surface area (Å²) >= 11 is 0. The second-order valence-electron chi connectivity index (χ2n) is 6.42. The zero-order valence-corrected chi connectivity index (χ0v) is 12.2. The van der Waals surface area contributed by atoms with Crippen LogP contribution in [-0.2, 0) is 6.42 Å². The van der Waals surface area contributed by atoms with Gasteiger partial charge in [0.2, 0.25) is 0 Å². The van der Waals surface area contributed by atoms with E-state index < -0.39 is 0 Å². The van der Waals surface area contributed by atoms with Gasteiger partial charge in [0, 0.05) is 18.5 Å². The quantitative estimate of drug-likeness (QED) is 0.830. The lowest BCUT2D eigenvalue weighted by atomic mass is 9.77. The van der Waals surface area contributed by atoms with Crippen LogP contribution in [-0.4, -0.2) is 12.6 Å². The Balaban J connectivity index is 1.51. The summed E-state index contributed by atoms with van der Waals surface area (Å²) in [7, 11) is 0. The van der Waals surface area contributed by atoms with E-state index in [1.165, 1.54) is 51.5 Å². The van der Waals surface area contributed by atoms with Gasteiger partial charge in [-0.2, -0.15) is 0 Å². The van der Waals surface area contributed by atoms with Crippen molar-refractivity contribution in [3.63, 3.8) is 0 Å². The van der Waals surface area contributed by atoms with Gasteiger partial charge in [-0.1, -0.05) is 50.5 Å². The summed E-state index contributed by atoms with van der Waals surface area (Å²) in [5.74, 6) is 1.71. The normalized spacial score (nSPS) is 24.6. The molecule has 1 nitrogen and oxygen atoms in total. The molecule has 0 spiro atoms. The van der Waals surface area contributed by atoms with Crippen LogP contribution < -0.4 is 5.32 Å². The largest absolute Gasteiger partial charge is 0.313 e. The molecule has 0 bridgehead atoms. The van der Waals surface area contributed by atoms with Crippen LogP contribution in [0.2, 0.25) is 0 Å². The summed E-state index contributed by atoms with van der Waals surface area (Å²) < 4.78 is 0. The molecule has 0 radical (unpaired) electrons. The van der Waals surface area contributed by atoms with Crippen LogP contribution in [0.25, 0.3) is 0 Å². The van der Waals surface area contributed by atoms with Crippen LogP contribution in [0.3, 0.4) is 0 Å². The summed E-state index contributed by atoms with van der Waals surface area (Å²) in [5, 5.41) is 3.88. The van der Waals surface area contributed by atoms with Crippen LogP contribution in [0.1, 0.15) is 62.5 Å². The van der Waals surface area contributed by atoms with Crippen LogP contribution in [0, 0.1) is 5.92 Å². The minimum absolute atomic E-state index is 0.757. The molecule has 0 aromatic heterocycles. The molecular weight excluding hydrogens is 230 g/mol. The molecule has 2 atom stereocenters. The number of nitrogens with one attached hydrogen (secondary N) is 1. The third-order valence-electron chi connectivity index (χ3n) is 5.25. The second-order valence-corrected chi connectivity index (χ2v) is 6.42. The summed E-state index contributed by atoms with van der Waals surface area (Å²) in [6.45, 7) is 3.53. The molecule has 1 aromatic rings. The molecule has 2 aliphatic carbocycles. The van der Waals surface area contributed by atoms with Gasteiger partial charge in [-0.3, -0.25) is 0 Å². The summed E-state index contributed by atoms with van der Waals surface area (Å²) in [6.07, 6.45) is 9.84. The van der Waals surface area contributed by atoms with Crippen molar-refractivity contribution in [2.75, 3.05) is 6.54 Å². The van der Waals surface area contributed by atoms with Crippen LogP contribution in [0.15, 0.2) is 24.3 Å². The van der Waals surface area contributed by atoms with Gasteiger partial charge >= 0.3 is 0 Å². The number of rotatable bonds is 5. The Labute approximate surface area is 117 Å². The van der Waals surface area contributed by atoms with Gasteiger partial charge < -0.3 is 5.32 Å². The van der Waals surface area contributed by atoms with E-state index in [9.17, 15) is 0 Å². The molecular formula is C18H27N. The second kappa shape index (κ2) is 6.09. The Kier molecular flexibility index (Phi) is 4.22. The first-order valence-corrected chi connectivity index (χ1v) is 8.19. The molecule has 1 N–H and O–H groups in total. The Morgan fingerprint density at radius 2 is 1.95 bits per heavy atom.